The number of aromatic nitrogens is 4. The first kappa shape index (κ1) is 16.3. The molecule has 0 aliphatic rings. The van der Waals surface area contributed by atoms with Crippen LogP contribution in [0.2, 0.25) is 0 Å². The Balaban J connectivity index is 1.55. The van der Waals surface area contributed by atoms with Crippen molar-refractivity contribution >= 4 is 17.7 Å². The van der Waals surface area contributed by atoms with Gasteiger partial charge in [0.15, 0.2) is 0 Å². The lowest BCUT2D eigenvalue weighted by Crippen LogP contribution is -2.27. The zero-order chi connectivity index (χ0) is 16.8. The highest BCUT2D eigenvalue weighted by Crippen LogP contribution is 2.16. The molecule has 0 aliphatic carbocycles. The van der Waals surface area contributed by atoms with Crippen LogP contribution in [0.25, 0.3) is 0 Å². The van der Waals surface area contributed by atoms with E-state index < -0.39 is 0 Å². The monoisotopic (exact) mass is 343 g/mol. The quantitative estimate of drug-likeness (QED) is 0.611. The van der Waals surface area contributed by atoms with Crippen LogP contribution in [0.3, 0.4) is 0 Å². The third kappa shape index (κ3) is 4.23. The predicted molar refractivity (Wildman–Crippen MR) is 89.3 cm³/mol. The van der Waals surface area contributed by atoms with E-state index in [1.54, 1.807) is 29.0 Å². The van der Waals surface area contributed by atoms with Crippen molar-refractivity contribution in [2.45, 2.75) is 18.2 Å². The van der Waals surface area contributed by atoms with Crippen LogP contribution < -0.4 is 0 Å². The molecule has 0 aliphatic heterocycles. The number of hydrogen-bond acceptors (Lipinski definition) is 6. The van der Waals surface area contributed by atoms with E-state index in [2.05, 4.69) is 15.5 Å². The number of thioether (sulfide) groups is 1. The molecule has 7 nitrogen and oxygen atoms in total. The van der Waals surface area contributed by atoms with Gasteiger partial charge in [0.25, 0.3) is 0 Å². The Morgan fingerprint density at radius 3 is 2.83 bits per heavy atom. The third-order valence-electron chi connectivity index (χ3n) is 3.40. The van der Waals surface area contributed by atoms with E-state index in [9.17, 15) is 4.79 Å². The van der Waals surface area contributed by atoms with Crippen LogP contribution in [0.1, 0.15) is 11.3 Å². The highest BCUT2D eigenvalue weighted by molar-refractivity contribution is 7.99. The van der Waals surface area contributed by atoms with Gasteiger partial charge in [0.2, 0.25) is 11.1 Å². The Kier molecular flexibility index (Phi) is 5.27. The Morgan fingerprint density at radius 1 is 1.25 bits per heavy atom. The van der Waals surface area contributed by atoms with Gasteiger partial charge in [-0.1, -0.05) is 42.1 Å². The van der Waals surface area contributed by atoms with E-state index >= 15 is 0 Å². The molecule has 2 heterocycles. The van der Waals surface area contributed by atoms with Crippen LogP contribution in [0.5, 0.6) is 0 Å². The number of carbonyl (C=O) groups is 1. The van der Waals surface area contributed by atoms with Gasteiger partial charge in [-0.2, -0.15) is 0 Å². The molecule has 24 heavy (non-hydrogen) atoms. The summed E-state index contributed by atoms with van der Waals surface area (Å²) in [6, 6.07) is 13.6. The van der Waals surface area contributed by atoms with Gasteiger partial charge < -0.3 is 9.32 Å². The topological polar surface area (TPSA) is 77.1 Å². The molecule has 1 aromatic carbocycles. The van der Waals surface area contributed by atoms with Crippen molar-refractivity contribution in [1.29, 1.82) is 0 Å². The van der Waals surface area contributed by atoms with Crippen molar-refractivity contribution in [3.63, 3.8) is 0 Å². The van der Waals surface area contributed by atoms with Crippen molar-refractivity contribution in [3.8, 4) is 0 Å². The van der Waals surface area contributed by atoms with Crippen molar-refractivity contribution in [1.82, 2.24) is 25.1 Å². The Hall–Kier alpha value is -2.61. The molecule has 0 bridgehead atoms. The lowest BCUT2D eigenvalue weighted by molar-refractivity contribution is -0.127. The number of tetrazole rings is 1. The molecule has 3 aromatic rings. The zero-order valence-corrected chi connectivity index (χ0v) is 14.0. The van der Waals surface area contributed by atoms with Crippen LogP contribution in [0.15, 0.2) is 58.3 Å². The van der Waals surface area contributed by atoms with E-state index in [1.807, 2.05) is 36.4 Å². The number of amides is 1. The van der Waals surface area contributed by atoms with Gasteiger partial charge in [-0.05, 0) is 28.1 Å². The van der Waals surface area contributed by atoms with Gasteiger partial charge in [0.1, 0.15) is 5.76 Å². The number of carbonyl (C=O) groups excluding carboxylic acids is 1. The number of benzene rings is 1. The fourth-order valence-corrected chi connectivity index (χ4v) is 2.93. The average Bonchev–Trinajstić information content (AvgIpc) is 3.25. The Morgan fingerprint density at radius 2 is 2.08 bits per heavy atom. The van der Waals surface area contributed by atoms with Crippen molar-refractivity contribution in [2.24, 2.45) is 0 Å². The highest BCUT2D eigenvalue weighted by Gasteiger charge is 2.14. The molecule has 0 spiro atoms. The van der Waals surface area contributed by atoms with Crippen molar-refractivity contribution < 1.29 is 9.21 Å². The molecule has 0 saturated carbocycles. The van der Waals surface area contributed by atoms with E-state index in [0.29, 0.717) is 18.2 Å². The van der Waals surface area contributed by atoms with E-state index in [1.165, 1.54) is 11.8 Å². The summed E-state index contributed by atoms with van der Waals surface area (Å²) in [7, 11) is 1.75. The molecule has 2 aromatic heterocycles. The molecule has 0 unspecified atom stereocenters. The van der Waals surface area contributed by atoms with Crippen LogP contribution in [0.4, 0.5) is 0 Å². The van der Waals surface area contributed by atoms with Crippen LogP contribution in [-0.4, -0.2) is 43.8 Å². The molecule has 0 N–H and O–H groups in total. The van der Waals surface area contributed by atoms with Gasteiger partial charge in [0.05, 0.1) is 25.1 Å². The van der Waals surface area contributed by atoms with E-state index in [4.69, 9.17) is 4.42 Å². The maximum absolute atomic E-state index is 12.2. The predicted octanol–water partition coefficient (Wildman–Crippen LogP) is 2.07. The van der Waals surface area contributed by atoms with Gasteiger partial charge in [0, 0.05) is 7.05 Å². The van der Waals surface area contributed by atoms with Crippen molar-refractivity contribution in [2.75, 3.05) is 12.8 Å². The number of hydrogen-bond donors (Lipinski definition) is 0. The minimum atomic E-state index is -0.00865. The normalized spacial score (nSPS) is 10.7. The molecule has 0 atom stereocenters. The fourth-order valence-electron chi connectivity index (χ4n) is 2.12. The minimum absolute atomic E-state index is 0.00865. The third-order valence-corrected chi connectivity index (χ3v) is 4.34. The van der Waals surface area contributed by atoms with Gasteiger partial charge in [-0.3, -0.25) is 4.79 Å². The average molecular weight is 343 g/mol. The highest BCUT2D eigenvalue weighted by atomic mass is 32.2. The van der Waals surface area contributed by atoms with Crippen LogP contribution in [-0.2, 0) is 17.9 Å². The molecular weight excluding hydrogens is 326 g/mol. The minimum Gasteiger partial charge on any atom is -0.467 e. The van der Waals surface area contributed by atoms with Crippen LogP contribution >= 0.6 is 11.8 Å². The summed E-state index contributed by atoms with van der Waals surface area (Å²) >= 11 is 1.33. The summed E-state index contributed by atoms with van der Waals surface area (Å²) in [4.78, 5) is 13.8. The lowest BCUT2D eigenvalue weighted by atomic mass is 10.2. The first-order valence-corrected chi connectivity index (χ1v) is 8.40. The van der Waals surface area contributed by atoms with Gasteiger partial charge in [-0.15, -0.1) is 5.10 Å². The first-order valence-electron chi connectivity index (χ1n) is 7.41. The molecule has 0 radical (unpaired) electrons. The smallest absolute Gasteiger partial charge is 0.233 e. The number of furan rings is 1. The number of nitrogens with zero attached hydrogens (tertiary/aromatic N) is 5. The second-order valence-corrected chi connectivity index (χ2v) is 6.17. The molecular formula is C16H17N5O2S. The summed E-state index contributed by atoms with van der Waals surface area (Å²) in [5.74, 6) is 1.02. The second-order valence-electron chi connectivity index (χ2n) is 5.22. The summed E-state index contributed by atoms with van der Waals surface area (Å²) in [5.41, 5.74) is 1.10. The Bertz CT molecular complexity index is 773. The maximum Gasteiger partial charge on any atom is 0.233 e. The molecule has 0 saturated heterocycles. The van der Waals surface area contributed by atoms with Gasteiger partial charge >= 0.3 is 0 Å². The molecule has 8 heteroatoms. The summed E-state index contributed by atoms with van der Waals surface area (Å²) in [5, 5.41) is 12.3. The standard InChI is InChI=1S/C16H17N5O2S/c1-20(11-14-8-5-9-23-14)15(22)12-24-16-17-18-19-21(16)10-13-6-3-2-4-7-13/h2-9H,10-12H2,1H3. The zero-order valence-electron chi connectivity index (χ0n) is 13.2. The molecule has 124 valence electrons. The van der Waals surface area contributed by atoms with Gasteiger partial charge in [-0.25, -0.2) is 4.68 Å². The SMILES string of the molecule is CN(Cc1ccco1)C(=O)CSc1nnnn1Cc1ccccc1. The lowest BCUT2D eigenvalue weighted by Gasteiger charge is -2.15. The summed E-state index contributed by atoms with van der Waals surface area (Å²) in [6.07, 6.45) is 1.60. The fraction of sp³-hybridized carbons (Fsp3) is 0.250. The second kappa shape index (κ2) is 7.78. The maximum atomic E-state index is 12.2. The summed E-state index contributed by atoms with van der Waals surface area (Å²) in [6.45, 7) is 1.02. The van der Waals surface area contributed by atoms with Crippen molar-refractivity contribution in [3.05, 3.63) is 60.1 Å². The Labute approximate surface area is 143 Å². The largest absolute Gasteiger partial charge is 0.467 e. The first-order chi connectivity index (χ1) is 11.7. The number of rotatable bonds is 7. The summed E-state index contributed by atoms with van der Waals surface area (Å²) < 4.78 is 6.95. The molecule has 1 amide bonds. The van der Waals surface area contributed by atoms with Crippen LogP contribution in [0, 0.1) is 0 Å². The van der Waals surface area contributed by atoms with E-state index in [-0.39, 0.29) is 11.7 Å². The molecule has 3 rings (SSSR count). The van der Waals surface area contributed by atoms with E-state index in [0.717, 1.165) is 11.3 Å². The molecule has 0 fully saturated rings.